The Balaban J connectivity index is 1.79. The van der Waals surface area contributed by atoms with Gasteiger partial charge in [0.05, 0.1) is 12.2 Å². The molecule has 1 aromatic carbocycles. The molecule has 2 aromatic rings. The second-order valence-corrected chi connectivity index (χ2v) is 5.57. The van der Waals surface area contributed by atoms with Crippen molar-refractivity contribution in [1.82, 2.24) is 15.1 Å². The molecule has 7 nitrogen and oxygen atoms in total. The minimum absolute atomic E-state index is 0.126. The van der Waals surface area contributed by atoms with E-state index in [9.17, 15) is 9.59 Å². The van der Waals surface area contributed by atoms with Crippen LogP contribution in [0.25, 0.3) is 0 Å². The average Bonchev–Trinajstić information content (AvgIpc) is 2.77. The van der Waals surface area contributed by atoms with E-state index in [0.29, 0.717) is 11.5 Å². The number of halogens is 1. The van der Waals surface area contributed by atoms with Crippen molar-refractivity contribution in [2.24, 2.45) is 7.05 Å². The van der Waals surface area contributed by atoms with Gasteiger partial charge in [0.2, 0.25) is 5.91 Å². The first kappa shape index (κ1) is 16.0. The standard InChI is InChI=1S/C14H16BrN5O2/c1-9-7-12(20(2)19-9)18-14(22)16-8-13(21)17-11-5-3-10(15)4-6-11/h3-7H,8H2,1-2H3,(H,17,21)(H2,16,18,22). The first-order valence-corrected chi connectivity index (χ1v) is 7.34. The minimum atomic E-state index is -0.464. The molecule has 0 bridgehead atoms. The third kappa shape index (κ3) is 4.59. The Morgan fingerprint density at radius 2 is 1.91 bits per heavy atom. The lowest BCUT2D eigenvalue weighted by molar-refractivity contribution is -0.115. The summed E-state index contributed by atoms with van der Waals surface area (Å²) in [5, 5.41) is 11.9. The van der Waals surface area contributed by atoms with E-state index >= 15 is 0 Å². The number of benzene rings is 1. The van der Waals surface area contributed by atoms with E-state index in [4.69, 9.17) is 0 Å². The summed E-state index contributed by atoms with van der Waals surface area (Å²) in [5.41, 5.74) is 1.46. The van der Waals surface area contributed by atoms with Crippen LogP contribution in [0, 0.1) is 6.92 Å². The third-order valence-electron chi connectivity index (χ3n) is 2.78. The number of amides is 3. The molecule has 3 amide bonds. The molecule has 0 radical (unpaired) electrons. The van der Waals surface area contributed by atoms with Crippen molar-refractivity contribution >= 4 is 39.4 Å². The highest BCUT2D eigenvalue weighted by molar-refractivity contribution is 9.10. The Morgan fingerprint density at radius 3 is 2.50 bits per heavy atom. The highest BCUT2D eigenvalue weighted by Crippen LogP contribution is 2.13. The van der Waals surface area contributed by atoms with E-state index < -0.39 is 6.03 Å². The lowest BCUT2D eigenvalue weighted by Gasteiger charge is -2.08. The van der Waals surface area contributed by atoms with Gasteiger partial charge in [0.1, 0.15) is 5.82 Å². The molecule has 0 saturated carbocycles. The number of nitrogens with zero attached hydrogens (tertiary/aromatic N) is 2. The van der Waals surface area contributed by atoms with Gasteiger partial charge >= 0.3 is 6.03 Å². The number of aromatic nitrogens is 2. The number of hydrogen-bond acceptors (Lipinski definition) is 3. The van der Waals surface area contributed by atoms with Crippen molar-refractivity contribution in [1.29, 1.82) is 0 Å². The summed E-state index contributed by atoms with van der Waals surface area (Å²) in [7, 11) is 1.73. The van der Waals surface area contributed by atoms with Gasteiger partial charge in [-0.25, -0.2) is 4.79 Å². The zero-order chi connectivity index (χ0) is 16.1. The summed E-state index contributed by atoms with van der Waals surface area (Å²) in [6.07, 6.45) is 0. The van der Waals surface area contributed by atoms with Crippen LogP contribution in [0.1, 0.15) is 5.69 Å². The fourth-order valence-electron chi connectivity index (χ4n) is 1.79. The predicted molar refractivity (Wildman–Crippen MR) is 87.7 cm³/mol. The Kier molecular flexibility index (Phi) is 5.16. The molecule has 0 aliphatic rings. The zero-order valence-corrected chi connectivity index (χ0v) is 13.8. The summed E-state index contributed by atoms with van der Waals surface area (Å²) in [5.74, 6) is 0.252. The Labute approximate surface area is 136 Å². The van der Waals surface area contributed by atoms with Crippen molar-refractivity contribution in [2.45, 2.75) is 6.92 Å². The highest BCUT2D eigenvalue weighted by atomic mass is 79.9. The molecule has 3 N–H and O–H groups in total. The minimum Gasteiger partial charge on any atom is -0.329 e. The van der Waals surface area contributed by atoms with Crippen molar-refractivity contribution in [3.05, 3.63) is 40.5 Å². The molecule has 0 atom stereocenters. The van der Waals surface area contributed by atoms with Gasteiger partial charge in [-0.2, -0.15) is 5.10 Å². The van der Waals surface area contributed by atoms with E-state index in [-0.39, 0.29) is 12.5 Å². The fourth-order valence-corrected chi connectivity index (χ4v) is 2.05. The molecular weight excluding hydrogens is 350 g/mol. The number of carbonyl (C=O) groups excluding carboxylic acids is 2. The van der Waals surface area contributed by atoms with Crippen LogP contribution in [-0.4, -0.2) is 28.3 Å². The van der Waals surface area contributed by atoms with Crippen LogP contribution in [0.15, 0.2) is 34.8 Å². The Bertz CT molecular complexity index is 681. The van der Waals surface area contributed by atoms with E-state index in [0.717, 1.165) is 10.2 Å². The number of urea groups is 1. The van der Waals surface area contributed by atoms with Gasteiger partial charge in [0, 0.05) is 23.3 Å². The average molecular weight is 366 g/mol. The number of carbonyl (C=O) groups is 2. The quantitative estimate of drug-likeness (QED) is 0.776. The van der Waals surface area contributed by atoms with Gasteiger partial charge < -0.3 is 10.6 Å². The first-order chi connectivity index (χ1) is 10.4. The molecule has 1 heterocycles. The highest BCUT2D eigenvalue weighted by Gasteiger charge is 2.08. The first-order valence-electron chi connectivity index (χ1n) is 6.55. The Morgan fingerprint density at radius 1 is 1.23 bits per heavy atom. The van der Waals surface area contributed by atoms with E-state index in [1.165, 1.54) is 0 Å². The second kappa shape index (κ2) is 7.08. The number of nitrogens with one attached hydrogen (secondary N) is 3. The van der Waals surface area contributed by atoms with Gasteiger partial charge in [-0.05, 0) is 31.2 Å². The second-order valence-electron chi connectivity index (χ2n) is 4.66. The molecule has 0 aliphatic heterocycles. The van der Waals surface area contributed by atoms with Crippen LogP contribution in [-0.2, 0) is 11.8 Å². The summed E-state index contributed by atoms with van der Waals surface area (Å²) < 4.78 is 2.48. The summed E-state index contributed by atoms with van der Waals surface area (Å²) in [6, 6.07) is 8.44. The number of anilines is 2. The molecule has 0 unspecified atom stereocenters. The molecule has 2 rings (SSSR count). The summed E-state index contributed by atoms with van der Waals surface area (Å²) >= 11 is 3.32. The monoisotopic (exact) mass is 365 g/mol. The molecule has 8 heteroatoms. The number of aryl methyl sites for hydroxylation is 2. The van der Waals surface area contributed by atoms with Crippen LogP contribution in [0.3, 0.4) is 0 Å². The normalized spacial score (nSPS) is 10.1. The van der Waals surface area contributed by atoms with Gasteiger partial charge in [-0.15, -0.1) is 0 Å². The largest absolute Gasteiger partial charge is 0.329 e. The fraction of sp³-hybridized carbons (Fsp3) is 0.214. The third-order valence-corrected chi connectivity index (χ3v) is 3.31. The van der Waals surface area contributed by atoms with Crippen LogP contribution in [0.4, 0.5) is 16.3 Å². The molecule has 0 fully saturated rings. The van der Waals surface area contributed by atoms with Gasteiger partial charge in [0.25, 0.3) is 0 Å². The SMILES string of the molecule is Cc1cc(NC(=O)NCC(=O)Nc2ccc(Br)cc2)n(C)n1. The van der Waals surface area contributed by atoms with Crippen molar-refractivity contribution in [3.8, 4) is 0 Å². The maximum absolute atomic E-state index is 11.7. The smallest absolute Gasteiger partial charge is 0.320 e. The number of hydrogen-bond donors (Lipinski definition) is 3. The van der Waals surface area contributed by atoms with Crippen LogP contribution in [0.5, 0.6) is 0 Å². The zero-order valence-electron chi connectivity index (χ0n) is 12.2. The molecule has 0 aliphatic carbocycles. The lowest BCUT2D eigenvalue weighted by Crippen LogP contribution is -2.36. The molecule has 0 saturated heterocycles. The molecule has 22 heavy (non-hydrogen) atoms. The Hall–Kier alpha value is -2.35. The van der Waals surface area contributed by atoms with Crippen LogP contribution >= 0.6 is 15.9 Å². The maximum Gasteiger partial charge on any atom is 0.320 e. The maximum atomic E-state index is 11.7. The van der Waals surface area contributed by atoms with E-state index in [2.05, 4.69) is 37.0 Å². The van der Waals surface area contributed by atoms with Gasteiger partial charge in [-0.1, -0.05) is 15.9 Å². The van der Waals surface area contributed by atoms with E-state index in [1.54, 1.807) is 29.9 Å². The van der Waals surface area contributed by atoms with E-state index in [1.807, 2.05) is 19.1 Å². The van der Waals surface area contributed by atoms with Gasteiger partial charge in [-0.3, -0.25) is 14.8 Å². The number of rotatable bonds is 4. The van der Waals surface area contributed by atoms with Crippen molar-refractivity contribution in [3.63, 3.8) is 0 Å². The lowest BCUT2D eigenvalue weighted by atomic mass is 10.3. The van der Waals surface area contributed by atoms with Crippen molar-refractivity contribution in [2.75, 3.05) is 17.2 Å². The summed E-state index contributed by atoms with van der Waals surface area (Å²) in [4.78, 5) is 23.5. The molecule has 1 aromatic heterocycles. The van der Waals surface area contributed by atoms with Crippen LogP contribution in [0.2, 0.25) is 0 Å². The summed E-state index contributed by atoms with van der Waals surface area (Å²) in [6.45, 7) is 1.70. The van der Waals surface area contributed by atoms with Crippen LogP contribution < -0.4 is 16.0 Å². The van der Waals surface area contributed by atoms with Crippen molar-refractivity contribution < 1.29 is 9.59 Å². The van der Waals surface area contributed by atoms with Gasteiger partial charge in [0.15, 0.2) is 0 Å². The predicted octanol–water partition coefficient (Wildman–Crippen LogP) is 2.25. The topological polar surface area (TPSA) is 88.0 Å². The molecule has 116 valence electrons. The molecule has 0 spiro atoms. The molecular formula is C14H16BrN5O2.